The van der Waals surface area contributed by atoms with Crippen LogP contribution in [0.3, 0.4) is 0 Å². The van der Waals surface area contributed by atoms with Crippen LogP contribution in [-0.2, 0) is 13.1 Å². The van der Waals surface area contributed by atoms with Crippen molar-refractivity contribution in [2.75, 3.05) is 20.3 Å². The summed E-state index contributed by atoms with van der Waals surface area (Å²) >= 11 is 0. The molecule has 29 heavy (non-hydrogen) atoms. The van der Waals surface area contributed by atoms with Crippen LogP contribution < -0.4 is 20.1 Å². The number of guanidine groups is 1. The number of rotatable bonds is 10. The maximum absolute atomic E-state index is 5.99. The molecular formula is C23H30N4O2. The zero-order valence-electron chi connectivity index (χ0n) is 17.1. The third-order valence-electron chi connectivity index (χ3n) is 5.24. The molecule has 154 valence electrons. The second-order valence-electron chi connectivity index (χ2n) is 7.90. The maximum atomic E-state index is 5.99. The lowest BCUT2D eigenvalue weighted by atomic mass is 10.2. The summed E-state index contributed by atoms with van der Waals surface area (Å²) in [5.74, 6) is 3.87. The molecule has 0 amide bonds. The van der Waals surface area contributed by atoms with Gasteiger partial charge in [-0.1, -0.05) is 24.3 Å². The number of hydrogen-bond acceptors (Lipinski definition) is 4. The lowest BCUT2D eigenvalue weighted by Crippen LogP contribution is -2.36. The molecule has 6 nitrogen and oxygen atoms in total. The van der Waals surface area contributed by atoms with Crippen molar-refractivity contribution in [1.82, 2.24) is 15.6 Å². The summed E-state index contributed by atoms with van der Waals surface area (Å²) in [5, 5.41) is 6.70. The predicted molar refractivity (Wildman–Crippen MR) is 114 cm³/mol. The second kappa shape index (κ2) is 9.63. The number of hydrogen-bond donors (Lipinski definition) is 2. The highest BCUT2D eigenvalue weighted by molar-refractivity contribution is 5.79. The molecule has 0 radical (unpaired) electrons. The zero-order chi connectivity index (χ0) is 19.9. The molecule has 1 heterocycles. The fourth-order valence-electron chi connectivity index (χ4n) is 2.96. The first-order valence-electron chi connectivity index (χ1n) is 10.5. The first-order chi connectivity index (χ1) is 14.3. The average molecular weight is 395 g/mol. The van der Waals surface area contributed by atoms with E-state index in [2.05, 4.69) is 26.7 Å². The van der Waals surface area contributed by atoms with Crippen LogP contribution in [0.1, 0.15) is 36.8 Å². The molecule has 4 rings (SSSR count). The molecule has 0 atom stereocenters. The first-order valence-corrected chi connectivity index (χ1v) is 10.5. The summed E-state index contributed by atoms with van der Waals surface area (Å²) in [5.41, 5.74) is 2.22. The van der Waals surface area contributed by atoms with Crippen LogP contribution in [-0.4, -0.2) is 31.2 Å². The van der Waals surface area contributed by atoms with Crippen LogP contribution in [0, 0.1) is 11.8 Å². The van der Waals surface area contributed by atoms with Gasteiger partial charge in [-0.25, -0.2) is 4.98 Å². The van der Waals surface area contributed by atoms with E-state index in [1.807, 2.05) is 36.5 Å². The summed E-state index contributed by atoms with van der Waals surface area (Å²) in [4.78, 5) is 8.70. The Labute approximate surface area is 172 Å². The third-order valence-corrected chi connectivity index (χ3v) is 5.24. The summed E-state index contributed by atoms with van der Waals surface area (Å²) in [6, 6.07) is 12.2. The molecule has 6 heteroatoms. The number of aliphatic imine (C=N–C) groups is 1. The molecule has 2 N–H and O–H groups in total. The first kappa shape index (κ1) is 19.6. The van der Waals surface area contributed by atoms with Gasteiger partial charge in [0, 0.05) is 38.0 Å². The van der Waals surface area contributed by atoms with E-state index < -0.39 is 0 Å². The van der Waals surface area contributed by atoms with Gasteiger partial charge in [0.25, 0.3) is 0 Å². The molecule has 0 saturated heterocycles. The minimum atomic E-state index is 0.648. The zero-order valence-corrected chi connectivity index (χ0v) is 17.1. The van der Waals surface area contributed by atoms with Crippen molar-refractivity contribution in [1.29, 1.82) is 0 Å². The van der Waals surface area contributed by atoms with Gasteiger partial charge >= 0.3 is 0 Å². The molecule has 0 aliphatic heterocycles. The molecule has 0 unspecified atom stereocenters. The topological polar surface area (TPSA) is 67.8 Å². The van der Waals surface area contributed by atoms with Gasteiger partial charge in [-0.15, -0.1) is 0 Å². The number of nitrogens with zero attached hydrogens (tertiary/aromatic N) is 2. The monoisotopic (exact) mass is 394 g/mol. The van der Waals surface area contributed by atoms with Gasteiger partial charge < -0.3 is 20.1 Å². The van der Waals surface area contributed by atoms with Crippen molar-refractivity contribution < 1.29 is 9.47 Å². The smallest absolute Gasteiger partial charge is 0.213 e. The van der Waals surface area contributed by atoms with Crippen LogP contribution in [0.15, 0.2) is 47.6 Å². The van der Waals surface area contributed by atoms with Gasteiger partial charge in [0.05, 0.1) is 13.2 Å². The van der Waals surface area contributed by atoms with Crippen LogP contribution in [0.2, 0.25) is 0 Å². The maximum Gasteiger partial charge on any atom is 0.213 e. The molecule has 1 aromatic heterocycles. The van der Waals surface area contributed by atoms with E-state index in [9.17, 15) is 0 Å². The fourth-order valence-corrected chi connectivity index (χ4v) is 2.96. The molecule has 0 spiro atoms. The van der Waals surface area contributed by atoms with E-state index in [1.165, 1.54) is 25.7 Å². The summed E-state index contributed by atoms with van der Waals surface area (Å²) < 4.78 is 11.7. The lowest BCUT2D eigenvalue weighted by Gasteiger charge is -2.15. The van der Waals surface area contributed by atoms with Crippen molar-refractivity contribution in [3.8, 4) is 11.6 Å². The molecule has 2 aliphatic rings. The molecule has 1 aromatic carbocycles. The van der Waals surface area contributed by atoms with E-state index in [-0.39, 0.29) is 0 Å². The van der Waals surface area contributed by atoms with Crippen molar-refractivity contribution in [3.63, 3.8) is 0 Å². The summed E-state index contributed by atoms with van der Waals surface area (Å²) in [7, 11) is 1.78. The number of nitrogens with one attached hydrogen (secondary N) is 2. The highest BCUT2D eigenvalue weighted by Gasteiger charge is 2.22. The Morgan fingerprint density at radius 2 is 1.69 bits per heavy atom. The summed E-state index contributed by atoms with van der Waals surface area (Å²) in [6.07, 6.45) is 7.00. The normalized spacial score (nSPS) is 16.4. The van der Waals surface area contributed by atoms with Crippen molar-refractivity contribution in [2.45, 2.75) is 38.8 Å². The molecule has 2 fully saturated rings. The van der Waals surface area contributed by atoms with Gasteiger partial charge in [0.2, 0.25) is 5.88 Å². The van der Waals surface area contributed by atoms with Crippen LogP contribution in [0.5, 0.6) is 11.6 Å². The van der Waals surface area contributed by atoms with Crippen molar-refractivity contribution >= 4 is 5.96 Å². The van der Waals surface area contributed by atoms with Gasteiger partial charge in [0.1, 0.15) is 5.75 Å². The third kappa shape index (κ3) is 6.38. The largest absolute Gasteiger partial charge is 0.493 e. The Morgan fingerprint density at radius 1 is 0.966 bits per heavy atom. The van der Waals surface area contributed by atoms with Gasteiger partial charge in [-0.3, -0.25) is 4.99 Å². The second-order valence-corrected chi connectivity index (χ2v) is 7.90. The SMILES string of the molecule is CN=C(NCc1ccc(OCC2CC2)nc1)NCc1ccccc1OCC1CC1. The van der Waals surface area contributed by atoms with E-state index >= 15 is 0 Å². The van der Waals surface area contributed by atoms with Crippen molar-refractivity contribution in [2.24, 2.45) is 16.8 Å². The van der Waals surface area contributed by atoms with Crippen molar-refractivity contribution in [3.05, 3.63) is 53.7 Å². The number of pyridine rings is 1. The van der Waals surface area contributed by atoms with E-state index in [4.69, 9.17) is 9.47 Å². The molecule has 2 aliphatic carbocycles. The lowest BCUT2D eigenvalue weighted by molar-refractivity contribution is 0.288. The van der Waals surface area contributed by atoms with Crippen LogP contribution in [0.25, 0.3) is 0 Å². The highest BCUT2D eigenvalue weighted by Crippen LogP contribution is 2.30. The fraction of sp³-hybridized carbons (Fsp3) is 0.478. The number of aromatic nitrogens is 1. The minimum absolute atomic E-state index is 0.648. The van der Waals surface area contributed by atoms with E-state index in [0.717, 1.165) is 47.9 Å². The standard InChI is InChI=1S/C23H30N4O2/c1-24-23(26-13-19-10-11-22(25-12-19)29-16-18-8-9-18)27-14-20-4-2-3-5-21(20)28-15-17-6-7-17/h2-5,10-12,17-18H,6-9,13-16H2,1H3,(H2,24,26,27). The van der Waals surface area contributed by atoms with Gasteiger partial charge in [0.15, 0.2) is 5.96 Å². The minimum Gasteiger partial charge on any atom is -0.493 e. The summed E-state index contributed by atoms with van der Waals surface area (Å²) in [6.45, 7) is 2.91. The van der Waals surface area contributed by atoms with Crippen LogP contribution >= 0.6 is 0 Å². The molecule has 2 saturated carbocycles. The van der Waals surface area contributed by atoms with Gasteiger partial charge in [-0.05, 0) is 49.1 Å². The number of benzene rings is 1. The Hall–Kier alpha value is -2.76. The van der Waals surface area contributed by atoms with Gasteiger partial charge in [-0.2, -0.15) is 0 Å². The molecule has 0 bridgehead atoms. The molecule has 2 aromatic rings. The number of ether oxygens (including phenoxy) is 2. The Kier molecular flexibility index (Phi) is 6.49. The highest BCUT2D eigenvalue weighted by atomic mass is 16.5. The Morgan fingerprint density at radius 3 is 2.38 bits per heavy atom. The predicted octanol–water partition coefficient (Wildman–Crippen LogP) is 3.52. The molecular weight excluding hydrogens is 364 g/mol. The Bertz CT molecular complexity index is 814. The van der Waals surface area contributed by atoms with E-state index in [0.29, 0.717) is 19.0 Å². The quantitative estimate of drug-likeness (QED) is 0.477. The van der Waals surface area contributed by atoms with E-state index in [1.54, 1.807) is 7.05 Å². The number of para-hydroxylation sites is 1. The van der Waals surface area contributed by atoms with Crippen LogP contribution in [0.4, 0.5) is 0 Å². The Balaban J connectivity index is 1.23. The average Bonchev–Trinajstić information content (AvgIpc) is 3.67.